The highest BCUT2D eigenvalue weighted by atomic mass is 19.1. The third-order valence-corrected chi connectivity index (χ3v) is 5.39. The van der Waals surface area contributed by atoms with E-state index in [1.165, 1.54) is 25.5 Å². The average molecular weight is 449 g/mol. The van der Waals surface area contributed by atoms with Crippen molar-refractivity contribution in [3.63, 3.8) is 0 Å². The highest BCUT2D eigenvalue weighted by Gasteiger charge is 2.24. The number of aromatic nitrogens is 1. The monoisotopic (exact) mass is 449 g/mol. The number of pyridine rings is 1. The van der Waals surface area contributed by atoms with Gasteiger partial charge in [0.25, 0.3) is 5.91 Å². The summed E-state index contributed by atoms with van der Waals surface area (Å²) in [4.78, 5) is 17.5. The van der Waals surface area contributed by atoms with E-state index in [4.69, 9.17) is 14.7 Å². The molecular formula is C25H24FN3O4. The fraction of sp³-hybridized carbons (Fsp3) is 0.240. The van der Waals surface area contributed by atoms with Crippen molar-refractivity contribution in [3.05, 3.63) is 77.2 Å². The summed E-state index contributed by atoms with van der Waals surface area (Å²) >= 11 is 0. The van der Waals surface area contributed by atoms with Crippen molar-refractivity contribution in [2.45, 2.75) is 19.4 Å². The van der Waals surface area contributed by atoms with Gasteiger partial charge in [0, 0.05) is 23.9 Å². The van der Waals surface area contributed by atoms with E-state index in [9.17, 15) is 9.18 Å². The summed E-state index contributed by atoms with van der Waals surface area (Å²) in [6.07, 6.45) is 5.17. The molecule has 3 aromatic rings. The quantitative estimate of drug-likeness (QED) is 0.287. The first-order chi connectivity index (χ1) is 16.1. The van der Waals surface area contributed by atoms with Crippen LogP contribution in [0.25, 0.3) is 11.1 Å². The molecule has 0 spiro atoms. The van der Waals surface area contributed by atoms with Crippen LogP contribution in [0.5, 0.6) is 11.6 Å². The van der Waals surface area contributed by atoms with Gasteiger partial charge in [-0.15, -0.1) is 0 Å². The third kappa shape index (κ3) is 5.46. The zero-order valence-electron chi connectivity index (χ0n) is 18.1. The van der Waals surface area contributed by atoms with E-state index in [0.717, 1.165) is 18.4 Å². The number of benzene rings is 2. The lowest BCUT2D eigenvalue weighted by Gasteiger charge is -2.13. The van der Waals surface area contributed by atoms with E-state index in [2.05, 4.69) is 15.5 Å². The second kappa shape index (κ2) is 10.1. The fourth-order valence-corrected chi connectivity index (χ4v) is 3.39. The summed E-state index contributed by atoms with van der Waals surface area (Å²) in [6.45, 7) is 0.629. The lowest BCUT2D eigenvalue weighted by molar-refractivity contribution is 0.0945. The zero-order chi connectivity index (χ0) is 23.2. The first-order valence-corrected chi connectivity index (χ1v) is 10.6. The molecule has 2 N–H and O–H groups in total. The van der Waals surface area contributed by atoms with Crippen molar-refractivity contribution >= 4 is 12.1 Å². The van der Waals surface area contributed by atoms with E-state index >= 15 is 0 Å². The molecule has 0 unspecified atom stereocenters. The van der Waals surface area contributed by atoms with Gasteiger partial charge < -0.3 is 20.0 Å². The second-order valence-corrected chi connectivity index (χ2v) is 7.81. The van der Waals surface area contributed by atoms with E-state index in [-0.39, 0.29) is 29.6 Å². The first-order valence-electron chi connectivity index (χ1n) is 10.6. The predicted octanol–water partition coefficient (Wildman–Crippen LogP) is 4.42. The molecule has 7 nitrogen and oxygen atoms in total. The zero-order valence-corrected chi connectivity index (χ0v) is 18.1. The maximum Gasteiger partial charge on any atom is 0.257 e. The summed E-state index contributed by atoms with van der Waals surface area (Å²) < 4.78 is 24.8. The van der Waals surface area contributed by atoms with Crippen molar-refractivity contribution in [2.24, 2.45) is 11.1 Å². The summed E-state index contributed by atoms with van der Waals surface area (Å²) in [6, 6.07) is 13.5. The van der Waals surface area contributed by atoms with Gasteiger partial charge in [-0.2, -0.15) is 0 Å². The van der Waals surface area contributed by atoms with Crippen molar-refractivity contribution in [1.82, 2.24) is 10.3 Å². The van der Waals surface area contributed by atoms with Crippen LogP contribution >= 0.6 is 0 Å². The van der Waals surface area contributed by atoms with Crippen LogP contribution in [0.2, 0.25) is 0 Å². The van der Waals surface area contributed by atoms with E-state index < -0.39 is 5.82 Å². The number of halogens is 1. The molecule has 33 heavy (non-hydrogen) atoms. The van der Waals surface area contributed by atoms with Gasteiger partial charge in [-0.05, 0) is 48.1 Å². The van der Waals surface area contributed by atoms with Crippen LogP contribution in [-0.4, -0.2) is 36.0 Å². The van der Waals surface area contributed by atoms with E-state index in [1.807, 2.05) is 18.2 Å². The molecule has 1 aliphatic rings. The third-order valence-electron chi connectivity index (χ3n) is 5.39. The number of nitrogens with zero attached hydrogens (tertiary/aromatic N) is 2. The number of nitrogens with one attached hydrogen (secondary N) is 1. The Bertz CT molecular complexity index is 1180. The average Bonchev–Trinajstić information content (AvgIpc) is 3.66. The van der Waals surface area contributed by atoms with Crippen molar-refractivity contribution in [1.29, 1.82) is 0 Å². The van der Waals surface area contributed by atoms with Gasteiger partial charge >= 0.3 is 0 Å². The van der Waals surface area contributed by atoms with Gasteiger partial charge in [0.2, 0.25) is 5.88 Å². The van der Waals surface area contributed by atoms with Gasteiger partial charge in [-0.1, -0.05) is 35.5 Å². The largest absolute Gasteiger partial charge is 0.494 e. The Morgan fingerprint density at radius 2 is 2.09 bits per heavy atom. The molecule has 0 bridgehead atoms. The van der Waals surface area contributed by atoms with E-state index in [1.54, 1.807) is 24.4 Å². The topological polar surface area (TPSA) is 93.0 Å². The number of methoxy groups -OCH3 is 1. The Kier molecular flexibility index (Phi) is 6.83. The summed E-state index contributed by atoms with van der Waals surface area (Å²) in [5.41, 5.74) is 2.97. The van der Waals surface area contributed by atoms with Crippen molar-refractivity contribution < 1.29 is 23.9 Å². The van der Waals surface area contributed by atoms with E-state index in [0.29, 0.717) is 29.2 Å². The molecule has 0 saturated heterocycles. The Balaban J connectivity index is 1.60. The molecule has 0 radical (unpaired) electrons. The Morgan fingerprint density at radius 3 is 2.82 bits per heavy atom. The molecule has 0 aliphatic heterocycles. The van der Waals surface area contributed by atoms with Crippen LogP contribution in [-0.2, 0) is 6.54 Å². The SMILES string of the molecule is COc1ccc(CNC(=O)c2cc(-c3ccccc3/C=N/O)cnc2OCC2CC2)cc1F. The molecule has 1 aliphatic carbocycles. The molecule has 1 amide bonds. The highest BCUT2D eigenvalue weighted by Crippen LogP contribution is 2.31. The molecule has 1 fully saturated rings. The summed E-state index contributed by atoms with van der Waals surface area (Å²) in [5, 5.41) is 14.9. The second-order valence-electron chi connectivity index (χ2n) is 7.81. The minimum Gasteiger partial charge on any atom is -0.494 e. The fourth-order valence-electron chi connectivity index (χ4n) is 3.39. The minimum absolute atomic E-state index is 0.125. The summed E-state index contributed by atoms with van der Waals surface area (Å²) in [7, 11) is 1.40. The number of rotatable bonds is 9. The minimum atomic E-state index is -0.497. The molecule has 8 heteroatoms. The van der Waals surface area contributed by atoms with Crippen LogP contribution < -0.4 is 14.8 Å². The van der Waals surface area contributed by atoms with Crippen molar-refractivity contribution in [3.8, 4) is 22.8 Å². The Labute approximate surface area is 190 Å². The number of amides is 1. The smallest absolute Gasteiger partial charge is 0.257 e. The van der Waals surface area contributed by atoms with Gasteiger partial charge in [0.15, 0.2) is 11.6 Å². The van der Waals surface area contributed by atoms with Gasteiger partial charge in [-0.25, -0.2) is 9.37 Å². The standard InChI is InChI=1S/C25H24FN3O4/c1-32-23-9-8-17(10-22(23)26)12-27-24(30)21-11-19(13-28-25(21)33-15-16-6-7-16)20-5-3-2-4-18(20)14-29-31/h2-5,8-11,13-14,16,31H,6-7,12,15H2,1H3,(H,27,30)/b29-14+. The first kappa shape index (κ1) is 22.3. The van der Waals surface area contributed by atoms with Crippen LogP contribution in [0.4, 0.5) is 4.39 Å². The van der Waals surface area contributed by atoms with Gasteiger partial charge in [-0.3, -0.25) is 4.79 Å². The predicted molar refractivity (Wildman–Crippen MR) is 121 cm³/mol. The lowest BCUT2D eigenvalue weighted by atomic mass is 10.0. The van der Waals surface area contributed by atoms with Crippen LogP contribution in [0.1, 0.15) is 34.3 Å². The van der Waals surface area contributed by atoms with Gasteiger partial charge in [0.1, 0.15) is 5.56 Å². The Morgan fingerprint density at radius 1 is 1.27 bits per heavy atom. The normalized spacial score (nSPS) is 13.2. The molecule has 1 saturated carbocycles. The highest BCUT2D eigenvalue weighted by molar-refractivity contribution is 5.98. The van der Waals surface area contributed by atoms with Crippen molar-refractivity contribution in [2.75, 3.05) is 13.7 Å². The number of hydrogen-bond donors (Lipinski definition) is 2. The van der Waals surface area contributed by atoms with Crippen LogP contribution in [0.15, 0.2) is 59.9 Å². The number of hydrogen-bond acceptors (Lipinski definition) is 6. The maximum absolute atomic E-state index is 14.0. The number of oxime groups is 1. The molecule has 1 heterocycles. The van der Waals surface area contributed by atoms with Crippen LogP contribution in [0.3, 0.4) is 0 Å². The molecule has 1 aromatic heterocycles. The molecule has 4 rings (SSSR count). The number of carbonyl (C=O) groups is 1. The molecular weight excluding hydrogens is 425 g/mol. The number of carbonyl (C=O) groups excluding carboxylic acids is 1. The molecule has 2 aromatic carbocycles. The summed E-state index contributed by atoms with van der Waals surface area (Å²) in [5.74, 6) is -0.00505. The number of ether oxygens (including phenoxy) is 2. The van der Waals surface area contributed by atoms with Crippen LogP contribution in [0, 0.1) is 11.7 Å². The Hall–Kier alpha value is -3.94. The van der Waals surface area contributed by atoms with Gasteiger partial charge in [0.05, 0.1) is 19.9 Å². The maximum atomic E-state index is 14.0. The molecule has 0 atom stereocenters. The molecule has 170 valence electrons. The lowest BCUT2D eigenvalue weighted by Crippen LogP contribution is -2.24.